The Morgan fingerprint density at radius 3 is 1.11 bits per heavy atom. The molecule has 0 amide bonds. The molecule has 0 spiro atoms. The number of aliphatic hydroxyl groups excluding tert-OH is 2. The lowest BCUT2D eigenvalue weighted by Gasteiger charge is -2.03. The summed E-state index contributed by atoms with van der Waals surface area (Å²) in [4.78, 5) is 53.9. The summed E-state index contributed by atoms with van der Waals surface area (Å²) in [5, 5.41) is 35.3. The zero-order valence-electron chi connectivity index (χ0n) is 41.3. The van der Waals surface area contributed by atoms with Crippen molar-refractivity contribution in [2.24, 2.45) is 11.5 Å². The van der Waals surface area contributed by atoms with Gasteiger partial charge in [-0.15, -0.1) is 0 Å². The van der Waals surface area contributed by atoms with Crippen LogP contribution in [0.2, 0.25) is 0 Å². The molecule has 12 nitrogen and oxygen atoms in total. The lowest BCUT2D eigenvalue weighted by molar-refractivity contribution is -0.193. The number of aromatic carboxylic acids is 2. The second kappa shape index (κ2) is 45.6. The van der Waals surface area contributed by atoms with Crippen LogP contribution in [0, 0.1) is 0 Å². The molecule has 0 aromatic heterocycles. The predicted molar refractivity (Wildman–Crippen MR) is 276 cm³/mol. The van der Waals surface area contributed by atoms with Crippen molar-refractivity contribution >= 4 is 24.2 Å². The number of aryl methyl sites for hydroxylation is 4. The highest BCUT2D eigenvalue weighted by Crippen LogP contribution is 2.12. The molecule has 6 aromatic rings. The molecular formula is C58H74N2O10. The second-order valence-electron chi connectivity index (χ2n) is 15.0. The molecule has 6 rings (SSSR count). The Morgan fingerprint density at radius 1 is 0.386 bits per heavy atom. The minimum atomic E-state index is -0.890. The Hall–Kier alpha value is -7.14. The van der Waals surface area contributed by atoms with Crippen LogP contribution < -0.4 is 11.5 Å². The molecule has 8 N–H and O–H groups in total. The summed E-state index contributed by atoms with van der Waals surface area (Å²) < 4.78 is 0. The number of carboxylic acids is 2. The number of benzene rings is 6. The third kappa shape index (κ3) is 32.5. The zero-order chi connectivity index (χ0) is 52.6. The summed E-state index contributed by atoms with van der Waals surface area (Å²) in [7, 11) is 0. The van der Waals surface area contributed by atoms with E-state index in [9.17, 15) is 9.59 Å². The van der Waals surface area contributed by atoms with Gasteiger partial charge < -0.3 is 31.9 Å². The maximum Gasteiger partial charge on any atom is 0.373 e. The van der Waals surface area contributed by atoms with Crippen LogP contribution in [-0.4, -0.2) is 57.8 Å². The molecule has 70 heavy (non-hydrogen) atoms. The summed E-state index contributed by atoms with van der Waals surface area (Å²) in [6.07, 6.45) is 10.8. The molecule has 0 unspecified atom stereocenters. The van der Waals surface area contributed by atoms with Crippen LogP contribution >= 0.6 is 0 Å². The number of carbonyl (C=O) groups excluding carboxylic acids is 4. The fourth-order valence-corrected chi connectivity index (χ4v) is 6.46. The minimum Gasteiger partial charge on any atom is -0.478 e. The largest absolute Gasteiger partial charge is 0.478 e. The van der Waals surface area contributed by atoms with Crippen LogP contribution in [0.25, 0.3) is 0 Å². The highest BCUT2D eigenvalue weighted by molar-refractivity contribution is 5.89. The third-order valence-corrected chi connectivity index (χ3v) is 9.61. The summed E-state index contributed by atoms with van der Waals surface area (Å²) >= 11 is 0. The maximum atomic E-state index is 10.7. The first-order valence-corrected chi connectivity index (χ1v) is 23.4. The van der Waals surface area contributed by atoms with Crippen molar-refractivity contribution in [1.82, 2.24) is 0 Å². The minimum absolute atomic E-state index is 0.150. The zero-order valence-corrected chi connectivity index (χ0v) is 41.3. The molecule has 0 saturated carbocycles. The molecule has 376 valence electrons. The summed E-state index contributed by atoms with van der Waals surface area (Å²) in [5.74, 6) is -1.72. The van der Waals surface area contributed by atoms with E-state index in [0.717, 1.165) is 73.7 Å². The van der Waals surface area contributed by atoms with Gasteiger partial charge in [0.2, 0.25) is 0 Å². The molecule has 6 aromatic carbocycles. The number of carboxylic acid groups (broad SMARTS) is 2. The Balaban J connectivity index is 0. The molecule has 12 heteroatoms. The predicted octanol–water partition coefficient (Wildman–Crippen LogP) is 10.1. The van der Waals surface area contributed by atoms with Gasteiger partial charge in [-0.3, -0.25) is 0 Å². The van der Waals surface area contributed by atoms with Crippen LogP contribution in [0.1, 0.15) is 119 Å². The smallest absolute Gasteiger partial charge is 0.373 e. The summed E-state index contributed by atoms with van der Waals surface area (Å²) in [6, 6.07) is 51.0. The van der Waals surface area contributed by atoms with E-state index >= 15 is 0 Å². The van der Waals surface area contributed by atoms with E-state index in [0.29, 0.717) is 24.1 Å². The molecule has 0 fully saturated rings. The molecule has 0 aliphatic rings. The highest BCUT2D eigenvalue weighted by atomic mass is 16.4. The van der Waals surface area contributed by atoms with E-state index in [1.165, 1.54) is 35.1 Å². The quantitative estimate of drug-likeness (QED) is 0.0532. The van der Waals surface area contributed by atoms with Gasteiger partial charge in [0, 0.05) is 0 Å². The Morgan fingerprint density at radius 2 is 0.714 bits per heavy atom. The number of hydrogen-bond donors (Lipinski definition) is 6. The molecule has 0 bridgehead atoms. The number of carbonyl (C=O) groups is 2. The highest BCUT2D eigenvalue weighted by Gasteiger charge is 2.08. The van der Waals surface area contributed by atoms with E-state index < -0.39 is 11.9 Å². The van der Waals surface area contributed by atoms with Gasteiger partial charge in [-0.05, 0) is 108 Å². The van der Waals surface area contributed by atoms with E-state index in [2.05, 4.69) is 81.4 Å². The van der Waals surface area contributed by atoms with Crippen molar-refractivity contribution < 1.29 is 49.2 Å². The monoisotopic (exact) mass is 959 g/mol. The van der Waals surface area contributed by atoms with Gasteiger partial charge in [-0.25, -0.2) is 9.59 Å². The first-order chi connectivity index (χ1) is 33.9. The van der Waals surface area contributed by atoms with Crippen LogP contribution in [0.3, 0.4) is 0 Å². The standard InChI is InChI=1S/C10H12O2.2C10H14O.C9H11NO2.C9H12.C8H11N.2CO2/c1-2-5-8-6-3-4-7-9(8)10(11)12;1-2-5-9-6-3-4-7-10(9)8-11;1-2-4-9-5-3-6-10(7-9)8-11;10-6-5-7-3-1-2-4-8(7)9(11)12;1-2-6-9-7-4-3-5-8-9;9-7-6-8-4-2-1-3-5-8;2*2-1-3/h3-4,6-7H,2,5H2,1H3,(H,11,12);3-4,6-7,11H,2,5,8H2,1H3;3,5-7,11H,2,4,8H2,1H3;1-4H,5-6,10H2,(H,11,12);3-5,7-8H,2,6H2,1H3;1-5H,6-7,9H2;;. The van der Waals surface area contributed by atoms with Crippen molar-refractivity contribution in [2.45, 2.75) is 105 Å². The van der Waals surface area contributed by atoms with Crippen LogP contribution in [0.15, 0.2) is 158 Å². The van der Waals surface area contributed by atoms with Crippen molar-refractivity contribution in [3.05, 3.63) is 213 Å². The summed E-state index contributed by atoms with van der Waals surface area (Å²) in [5.41, 5.74) is 20.6. The Kier molecular flexibility index (Phi) is 42.3. The van der Waals surface area contributed by atoms with Gasteiger partial charge in [-0.2, -0.15) is 19.2 Å². The molecular weight excluding hydrogens is 885 g/mol. The van der Waals surface area contributed by atoms with Crippen molar-refractivity contribution in [2.75, 3.05) is 13.1 Å². The average molecular weight is 959 g/mol. The lowest BCUT2D eigenvalue weighted by atomic mass is 10.0. The number of aliphatic hydroxyl groups is 2. The molecule has 0 heterocycles. The topological polar surface area (TPSA) is 235 Å². The maximum absolute atomic E-state index is 10.7. The molecule has 0 atom stereocenters. The van der Waals surface area contributed by atoms with Gasteiger partial charge in [-0.1, -0.05) is 199 Å². The lowest BCUT2D eigenvalue weighted by Crippen LogP contribution is -2.08. The molecule has 0 saturated heterocycles. The van der Waals surface area contributed by atoms with E-state index in [-0.39, 0.29) is 25.5 Å². The van der Waals surface area contributed by atoms with E-state index in [1.807, 2.05) is 73.7 Å². The first kappa shape index (κ1) is 64.9. The normalized spacial score (nSPS) is 9.14. The van der Waals surface area contributed by atoms with Gasteiger partial charge in [0.25, 0.3) is 0 Å². The third-order valence-electron chi connectivity index (χ3n) is 9.61. The average Bonchev–Trinajstić information content (AvgIpc) is 3.37. The first-order valence-electron chi connectivity index (χ1n) is 23.4. The van der Waals surface area contributed by atoms with E-state index in [1.54, 1.807) is 30.3 Å². The number of nitrogens with two attached hydrogens (primary N) is 2. The fraction of sp³-hybridized carbons (Fsp3) is 0.310. The SMILES string of the molecule is CCCc1cccc(CO)c1.CCCc1ccccc1.CCCc1ccccc1C(=O)O.CCCc1ccccc1CO.NCCc1ccccc1.NCCc1ccccc1C(=O)O.O=C=O.O=C=O. The molecule has 0 aliphatic carbocycles. The molecule has 0 aliphatic heterocycles. The van der Waals surface area contributed by atoms with Crippen molar-refractivity contribution in [1.29, 1.82) is 0 Å². The van der Waals surface area contributed by atoms with Gasteiger partial charge in [0.15, 0.2) is 0 Å². The van der Waals surface area contributed by atoms with Gasteiger partial charge in [0.05, 0.1) is 24.3 Å². The number of rotatable bonds is 16. The van der Waals surface area contributed by atoms with Crippen molar-refractivity contribution in [3.8, 4) is 0 Å². The summed E-state index contributed by atoms with van der Waals surface area (Å²) in [6.45, 7) is 10.1. The molecule has 0 radical (unpaired) electrons. The van der Waals surface area contributed by atoms with Crippen LogP contribution in [0.5, 0.6) is 0 Å². The Labute approximate surface area is 415 Å². The van der Waals surface area contributed by atoms with Crippen LogP contribution in [0.4, 0.5) is 0 Å². The van der Waals surface area contributed by atoms with E-state index in [4.69, 9.17) is 51.1 Å². The fourth-order valence-electron chi connectivity index (χ4n) is 6.46. The van der Waals surface area contributed by atoms with Crippen molar-refractivity contribution in [3.63, 3.8) is 0 Å². The van der Waals surface area contributed by atoms with Gasteiger partial charge in [0.1, 0.15) is 0 Å². The second-order valence-corrected chi connectivity index (χ2v) is 15.0. The number of hydrogen-bond acceptors (Lipinski definition) is 10. The van der Waals surface area contributed by atoms with Gasteiger partial charge >= 0.3 is 24.2 Å². The van der Waals surface area contributed by atoms with Crippen LogP contribution in [-0.2, 0) is 70.9 Å². The Bertz CT molecular complexity index is 2180.